The molecule has 0 aliphatic heterocycles. The number of aryl methyl sites for hydroxylation is 1. The summed E-state index contributed by atoms with van der Waals surface area (Å²) in [6.45, 7) is 0. The monoisotopic (exact) mass is 319 g/mol. The van der Waals surface area contributed by atoms with Crippen LogP contribution in [-0.2, 0) is 12.8 Å². The van der Waals surface area contributed by atoms with Crippen LogP contribution in [0.1, 0.15) is 5.56 Å². The van der Waals surface area contributed by atoms with Crippen LogP contribution in [0.15, 0.2) is 47.6 Å². The summed E-state index contributed by atoms with van der Waals surface area (Å²) >= 11 is 13.6. The second kappa shape index (κ2) is 7.25. The molecular formula is C13H12Cl3NS. The quantitative estimate of drug-likeness (QED) is 0.605. The predicted octanol–water partition coefficient (Wildman–Crippen LogP) is 1.11. The van der Waals surface area contributed by atoms with Gasteiger partial charge in [0.2, 0.25) is 5.03 Å². The fourth-order valence-electron chi connectivity index (χ4n) is 1.44. The van der Waals surface area contributed by atoms with Crippen molar-refractivity contribution < 1.29 is 17.0 Å². The molecule has 1 heterocycles. The van der Waals surface area contributed by atoms with E-state index >= 15 is 0 Å². The van der Waals surface area contributed by atoms with Crippen LogP contribution < -0.4 is 17.0 Å². The first-order valence-corrected chi connectivity index (χ1v) is 6.92. The number of nitrogens with zero attached hydrogens (tertiary/aromatic N) is 1. The molecule has 0 amide bonds. The third-order valence-electron chi connectivity index (χ3n) is 2.38. The highest BCUT2D eigenvalue weighted by atomic mass is 35.5. The second-order valence-electron chi connectivity index (χ2n) is 3.69. The molecule has 0 saturated carbocycles. The Balaban J connectivity index is 0.00000162. The molecule has 1 aromatic heterocycles. The minimum atomic E-state index is 0. The summed E-state index contributed by atoms with van der Waals surface area (Å²) in [5.74, 6) is 0.884. The average Bonchev–Trinajstić information content (AvgIpc) is 2.32. The zero-order chi connectivity index (χ0) is 12.3. The van der Waals surface area contributed by atoms with Gasteiger partial charge >= 0.3 is 0 Å². The SMILES string of the molecule is C[n+]1ccccc1SCc1ccc(Cl)c(Cl)c1.[Cl-]. The Kier molecular flexibility index (Phi) is 6.30. The van der Waals surface area contributed by atoms with E-state index in [0.717, 1.165) is 5.75 Å². The third kappa shape index (κ3) is 4.06. The fraction of sp³-hybridized carbons (Fsp3) is 0.154. The highest BCUT2D eigenvalue weighted by Crippen LogP contribution is 2.26. The highest BCUT2D eigenvalue weighted by Gasteiger charge is 2.06. The topological polar surface area (TPSA) is 3.88 Å². The molecule has 2 aromatic rings. The van der Waals surface area contributed by atoms with Crippen molar-refractivity contribution in [3.63, 3.8) is 0 Å². The van der Waals surface area contributed by atoms with Crippen LogP contribution in [0.5, 0.6) is 0 Å². The molecule has 18 heavy (non-hydrogen) atoms. The first-order valence-electron chi connectivity index (χ1n) is 5.18. The molecule has 5 heteroatoms. The predicted molar refractivity (Wildman–Crippen MR) is 73.6 cm³/mol. The van der Waals surface area contributed by atoms with Crippen LogP contribution in [0, 0.1) is 0 Å². The third-order valence-corrected chi connectivity index (χ3v) is 4.31. The second-order valence-corrected chi connectivity index (χ2v) is 5.50. The summed E-state index contributed by atoms with van der Waals surface area (Å²) in [7, 11) is 2.04. The molecule has 0 radical (unpaired) electrons. The Morgan fingerprint density at radius 3 is 2.56 bits per heavy atom. The molecule has 0 saturated heterocycles. The molecule has 0 bridgehead atoms. The normalized spacial score (nSPS) is 9.94. The van der Waals surface area contributed by atoms with Crippen LogP contribution in [-0.4, -0.2) is 0 Å². The van der Waals surface area contributed by atoms with Crippen molar-refractivity contribution >= 4 is 35.0 Å². The van der Waals surface area contributed by atoms with Gasteiger partial charge in [-0.1, -0.05) is 41.0 Å². The Hall–Kier alpha value is -0.410. The van der Waals surface area contributed by atoms with Gasteiger partial charge in [0.25, 0.3) is 0 Å². The molecule has 96 valence electrons. The Bertz CT molecular complexity index is 531. The molecule has 0 spiro atoms. The summed E-state index contributed by atoms with van der Waals surface area (Å²) in [6.07, 6.45) is 2.04. The molecule has 0 aliphatic rings. The van der Waals surface area contributed by atoms with Crippen molar-refractivity contribution in [2.75, 3.05) is 0 Å². The fourth-order valence-corrected chi connectivity index (χ4v) is 2.70. The van der Waals surface area contributed by atoms with Gasteiger partial charge in [0.05, 0.1) is 10.0 Å². The van der Waals surface area contributed by atoms with Gasteiger partial charge in [-0.3, -0.25) is 0 Å². The van der Waals surface area contributed by atoms with Gasteiger partial charge in [-0.2, -0.15) is 4.57 Å². The Labute approximate surface area is 128 Å². The molecule has 0 aliphatic carbocycles. The number of hydrogen-bond donors (Lipinski definition) is 0. The van der Waals surface area contributed by atoms with Gasteiger partial charge in [0, 0.05) is 17.9 Å². The Morgan fingerprint density at radius 2 is 1.89 bits per heavy atom. The van der Waals surface area contributed by atoms with E-state index in [4.69, 9.17) is 23.2 Å². The van der Waals surface area contributed by atoms with Gasteiger partial charge < -0.3 is 12.4 Å². The van der Waals surface area contributed by atoms with Crippen LogP contribution in [0.3, 0.4) is 0 Å². The lowest BCUT2D eigenvalue weighted by Gasteiger charge is -2.02. The number of thioether (sulfide) groups is 1. The molecule has 0 unspecified atom stereocenters. The maximum absolute atomic E-state index is 5.98. The summed E-state index contributed by atoms with van der Waals surface area (Å²) < 4.78 is 2.10. The molecule has 1 nitrogen and oxygen atoms in total. The van der Waals surface area contributed by atoms with Gasteiger partial charge in [-0.15, -0.1) is 0 Å². The largest absolute Gasteiger partial charge is 1.00 e. The minimum Gasteiger partial charge on any atom is -1.00 e. The molecule has 2 rings (SSSR count). The van der Waals surface area contributed by atoms with Crippen molar-refractivity contribution in [1.29, 1.82) is 0 Å². The number of halogens is 3. The van der Waals surface area contributed by atoms with E-state index in [9.17, 15) is 0 Å². The van der Waals surface area contributed by atoms with E-state index < -0.39 is 0 Å². The number of pyridine rings is 1. The molecule has 1 aromatic carbocycles. The number of hydrogen-bond acceptors (Lipinski definition) is 1. The molecule has 0 fully saturated rings. The molecular weight excluding hydrogens is 309 g/mol. The number of rotatable bonds is 3. The smallest absolute Gasteiger partial charge is 0.240 e. The first kappa shape index (κ1) is 15.6. The van der Waals surface area contributed by atoms with E-state index in [1.165, 1.54) is 10.6 Å². The first-order chi connectivity index (χ1) is 8.16. The van der Waals surface area contributed by atoms with Crippen LogP contribution in [0.4, 0.5) is 0 Å². The van der Waals surface area contributed by atoms with Crippen molar-refractivity contribution in [2.45, 2.75) is 10.8 Å². The van der Waals surface area contributed by atoms with E-state index in [0.29, 0.717) is 10.0 Å². The van der Waals surface area contributed by atoms with Crippen molar-refractivity contribution in [1.82, 2.24) is 0 Å². The highest BCUT2D eigenvalue weighted by molar-refractivity contribution is 7.98. The van der Waals surface area contributed by atoms with Crippen molar-refractivity contribution in [3.8, 4) is 0 Å². The van der Waals surface area contributed by atoms with Crippen molar-refractivity contribution in [3.05, 3.63) is 58.2 Å². The van der Waals surface area contributed by atoms with E-state index in [1.54, 1.807) is 11.8 Å². The Morgan fingerprint density at radius 1 is 1.11 bits per heavy atom. The van der Waals surface area contributed by atoms with E-state index in [-0.39, 0.29) is 12.4 Å². The summed E-state index contributed by atoms with van der Waals surface area (Å²) in [5, 5.41) is 2.44. The molecule has 0 N–H and O–H groups in total. The number of aromatic nitrogens is 1. The lowest BCUT2D eigenvalue weighted by Crippen LogP contribution is -3.00. The maximum atomic E-state index is 5.98. The van der Waals surface area contributed by atoms with Gasteiger partial charge in [0.15, 0.2) is 6.20 Å². The zero-order valence-electron chi connectivity index (χ0n) is 9.74. The van der Waals surface area contributed by atoms with Crippen LogP contribution in [0.2, 0.25) is 10.0 Å². The van der Waals surface area contributed by atoms with Crippen LogP contribution >= 0.6 is 35.0 Å². The average molecular weight is 321 g/mol. The van der Waals surface area contributed by atoms with E-state index in [1.807, 2.05) is 43.6 Å². The molecule has 0 atom stereocenters. The minimum absolute atomic E-state index is 0. The van der Waals surface area contributed by atoms with Crippen LogP contribution in [0.25, 0.3) is 0 Å². The standard InChI is InChI=1S/C13H12Cl2NS.ClH/c1-16-7-3-2-4-13(16)17-9-10-5-6-11(14)12(15)8-10;/h2-8H,9H2,1H3;1H/q+1;/p-1. The van der Waals surface area contributed by atoms with E-state index in [2.05, 4.69) is 10.6 Å². The van der Waals surface area contributed by atoms with Gasteiger partial charge in [0.1, 0.15) is 7.05 Å². The summed E-state index contributed by atoms with van der Waals surface area (Å²) in [5.41, 5.74) is 1.17. The van der Waals surface area contributed by atoms with Crippen molar-refractivity contribution in [2.24, 2.45) is 7.05 Å². The maximum Gasteiger partial charge on any atom is 0.240 e. The van der Waals surface area contributed by atoms with Gasteiger partial charge in [-0.25, -0.2) is 0 Å². The zero-order valence-corrected chi connectivity index (χ0v) is 12.8. The van der Waals surface area contributed by atoms with Gasteiger partial charge in [-0.05, 0) is 23.8 Å². The number of benzene rings is 1. The lowest BCUT2D eigenvalue weighted by atomic mass is 10.2. The lowest BCUT2D eigenvalue weighted by molar-refractivity contribution is -0.708. The summed E-state index contributed by atoms with van der Waals surface area (Å²) in [4.78, 5) is 0. The summed E-state index contributed by atoms with van der Waals surface area (Å²) in [6, 6.07) is 11.9.